The molecule has 0 spiro atoms. The predicted octanol–water partition coefficient (Wildman–Crippen LogP) is 6.40. The van der Waals surface area contributed by atoms with Crippen molar-refractivity contribution < 1.29 is 18.4 Å². The third kappa shape index (κ3) is 3.40. The van der Waals surface area contributed by atoms with E-state index in [2.05, 4.69) is 4.98 Å². The molecule has 1 saturated heterocycles. The molecule has 4 aromatic rings. The molecule has 5 nitrogen and oxygen atoms in total. The molecule has 1 amide bonds. The topological polar surface area (TPSA) is 66.1 Å². The van der Waals surface area contributed by atoms with Gasteiger partial charge in [0.25, 0.3) is 5.92 Å². The molecule has 1 aromatic heterocycles. The first-order valence-electron chi connectivity index (χ1n) is 12.5. The Labute approximate surface area is 214 Å². The van der Waals surface area contributed by atoms with Crippen molar-refractivity contribution in [3.05, 3.63) is 77.1 Å². The Morgan fingerprint density at radius 3 is 2.57 bits per heavy atom. The zero-order valence-corrected chi connectivity index (χ0v) is 20.9. The van der Waals surface area contributed by atoms with Gasteiger partial charge in [0.2, 0.25) is 6.41 Å². The SMILES string of the molecule is O=CPCc1ccc2c(c1)C(F)(F)c1cc(-c3ccc4nc([C@@H]5[C@H]6CC[C@H](C6)N5C=O)[nH]c4c3)ccc1-2. The molecule has 2 bridgehead atoms. The highest BCUT2D eigenvalue weighted by Crippen LogP contribution is 2.52. The fourth-order valence-corrected chi connectivity index (χ4v) is 7.14. The average molecular weight is 516 g/mol. The largest absolute Gasteiger partial charge is 0.340 e. The molecule has 8 heteroatoms. The summed E-state index contributed by atoms with van der Waals surface area (Å²) in [6.07, 6.45) is 4.61. The number of aromatic amines is 1. The summed E-state index contributed by atoms with van der Waals surface area (Å²) in [5.41, 5.74) is 5.02. The number of H-pyrrole nitrogens is 1. The van der Waals surface area contributed by atoms with Crippen LogP contribution in [-0.2, 0) is 21.7 Å². The van der Waals surface area contributed by atoms with E-state index in [1.807, 2.05) is 35.2 Å². The number of rotatable bonds is 6. The first-order valence-corrected chi connectivity index (χ1v) is 13.8. The number of benzene rings is 3. The first kappa shape index (κ1) is 22.7. The van der Waals surface area contributed by atoms with E-state index < -0.39 is 5.92 Å². The van der Waals surface area contributed by atoms with E-state index >= 15 is 8.78 Å². The molecule has 0 radical (unpaired) electrons. The molecule has 186 valence electrons. The van der Waals surface area contributed by atoms with Gasteiger partial charge in [0, 0.05) is 17.2 Å². The van der Waals surface area contributed by atoms with Crippen molar-refractivity contribution >= 4 is 32.1 Å². The number of nitrogens with zero attached hydrogens (tertiary/aromatic N) is 2. The van der Waals surface area contributed by atoms with Gasteiger partial charge in [-0.2, -0.15) is 8.78 Å². The van der Waals surface area contributed by atoms with E-state index in [1.165, 1.54) is 0 Å². The Balaban J connectivity index is 1.24. The molecule has 1 aliphatic heterocycles. The van der Waals surface area contributed by atoms with Crippen molar-refractivity contribution in [3.8, 4) is 22.3 Å². The molecule has 3 aliphatic rings. The van der Waals surface area contributed by atoms with E-state index in [4.69, 9.17) is 4.98 Å². The number of amides is 1. The van der Waals surface area contributed by atoms with Crippen LogP contribution in [0.3, 0.4) is 0 Å². The molecular weight excluding hydrogens is 491 g/mol. The quantitative estimate of drug-likeness (QED) is 0.239. The number of hydrogen-bond donors (Lipinski definition) is 1. The van der Waals surface area contributed by atoms with Gasteiger partial charge < -0.3 is 9.88 Å². The minimum absolute atomic E-state index is 0.00369. The maximum absolute atomic E-state index is 15.6. The van der Waals surface area contributed by atoms with Crippen LogP contribution < -0.4 is 0 Å². The van der Waals surface area contributed by atoms with Gasteiger partial charge in [-0.15, -0.1) is 0 Å². The van der Waals surface area contributed by atoms with Crippen LogP contribution in [0.25, 0.3) is 33.3 Å². The normalized spacial score (nSPS) is 23.2. The summed E-state index contributed by atoms with van der Waals surface area (Å²) in [5.74, 6) is -1.88. The Hall–Kier alpha value is -3.44. The average Bonchev–Trinajstić information content (AvgIpc) is 3.68. The van der Waals surface area contributed by atoms with Crippen molar-refractivity contribution in [3.63, 3.8) is 0 Å². The molecule has 1 N–H and O–H groups in total. The highest BCUT2D eigenvalue weighted by molar-refractivity contribution is 7.54. The van der Waals surface area contributed by atoms with Gasteiger partial charge in [0.1, 0.15) is 11.9 Å². The number of nitrogens with one attached hydrogen (secondary N) is 1. The van der Waals surface area contributed by atoms with Crippen LogP contribution in [0.2, 0.25) is 0 Å². The molecule has 2 aliphatic carbocycles. The van der Waals surface area contributed by atoms with Gasteiger partial charge in [-0.25, -0.2) is 4.98 Å². The molecule has 2 fully saturated rings. The van der Waals surface area contributed by atoms with E-state index in [1.54, 1.807) is 24.3 Å². The number of imidazole rings is 1. The van der Waals surface area contributed by atoms with Crippen molar-refractivity contribution in [2.45, 2.75) is 43.4 Å². The van der Waals surface area contributed by atoms with E-state index in [0.29, 0.717) is 34.8 Å². The van der Waals surface area contributed by atoms with Crippen LogP contribution in [-0.4, -0.2) is 33.3 Å². The second-order valence-corrected chi connectivity index (χ2v) is 11.3. The van der Waals surface area contributed by atoms with Gasteiger partial charge in [-0.05, 0) is 92.0 Å². The van der Waals surface area contributed by atoms with Gasteiger partial charge >= 0.3 is 0 Å². The molecule has 7 rings (SSSR count). The second kappa shape index (κ2) is 8.29. The molecular formula is C29H24F2N3O2P. The highest BCUT2D eigenvalue weighted by Gasteiger charge is 2.47. The number of carbonyl (C=O) groups is 2. The number of halogens is 2. The van der Waals surface area contributed by atoms with Crippen LogP contribution in [0.15, 0.2) is 54.6 Å². The number of aromatic nitrogens is 2. The minimum atomic E-state index is -3.10. The molecule has 2 heterocycles. The number of piperidine rings is 1. The maximum atomic E-state index is 15.6. The summed E-state index contributed by atoms with van der Waals surface area (Å²) >= 11 is 0. The Kier molecular flexibility index (Phi) is 5.09. The Morgan fingerprint density at radius 2 is 1.76 bits per heavy atom. The number of alkyl halides is 2. The lowest BCUT2D eigenvalue weighted by Gasteiger charge is -2.30. The number of likely N-dealkylation sites (tertiary alicyclic amines) is 1. The number of fused-ring (bicyclic) bond motifs is 6. The van der Waals surface area contributed by atoms with E-state index in [0.717, 1.165) is 59.7 Å². The van der Waals surface area contributed by atoms with Crippen LogP contribution in [0.4, 0.5) is 8.78 Å². The predicted molar refractivity (Wildman–Crippen MR) is 141 cm³/mol. The zero-order valence-electron chi connectivity index (χ0n) is 19.9. The number of hydrogen-bond acceptors (Lipinski definition) is 3. The first-order chi connectivity index (χ1) is 18.0. The van der Waals surface area contributed by atoms with Gasteiger partial charge in [0.15, 0.2) is 0 Å². The minimum Gasteiger partial charge on any atom is -0.340 e. The summed E-state index contributed by atoms with van der Waals surface area (Å²) in [5, 5.41) is 0. The molecule has 3 aromatic carbocycles. The highest BCUT2D eigenvalue weighted by atomic mass is 31.1. The maximum Gasteiger partial charge on any atom is 0.299 e. The van der Waals surface area contributed by atoms with E-state index in [9.17, 15) is 9.59 Å². The second-order valence-electron chi connectivity index (χ2n) is 10.3. The third-order valence-electron chi connectivity index (χ3n) is 8.33. The van der Waals surface area contributed by atoms with E-state index in [-0.39, 0.29) is 25.7 Å². The lowest BCUT2D eigenvalue weighted by atomic mass is 9.98. The van der Waals surface area contributed by atoms with Crippen LogP contribution in [0.1, 0.15) is 47.8 Å². The van der Waals surface area contributed by atoms with Crippen molar-refractivity contribution in [1.82, 2.24) is 14.9 Å². The monoisotopic (exact) mass is 515 g/mol. The van der Waals surface area contributed by atoms with Gasteiger partial charge in [-0.1, -0.05) is 30.3 Å². The van der Waals surface area contributed by atoms with Crippen molar-refractivity contribution in [2.75, 3.05) is 0 Å². The lowest BCUT2D eigenvalue weighted by Crippen LogP contribution is -2.34. The van der Waals surface area contributed by atoms with Crippen LogP contribution in [0, 0.1) is 5.92 Å². The number of carbonyl (C=O) groups excluding carboxylic acids is 2. The van der Waals surface area contributed by atoms with Gasteiger partial charge in [0.05, 0.1) is 17.1 Å². The van der Waals surface area contributed by atoms with Crippen molar-refractivity contribution in [1.29, 1.82) is 0 Å². The molecule has 4 atom stereocenters. The van der Waals surface area contributed by atoms with Gasteiger partial charge in [-0.3, -0.25) is 9.59 Å². The zero-order chi connectivity index (χ0) is 25.3. The lowest BCUT2D eigenvalue weighted by molar-refractivity contribution is -0.122. The summed E-state index contributed by atoms with van der Waals surface area (Å²) in [7, 11) is 0.0678. The third-order valence-corrected chi connectivity index (χ3v) is 9.11. The standard InChI is InChI=1S/C29H24F2N3O2P/c30-29(31)23-9-16(13-37-15-36)1-6-21(23)22-7-3-17(11-24(22)29)18-4-8-25-26(12-18)33-28(32-25)27-19-2-5-20(10-19)34(27)14-35/h1,3-4,6-9,11-12,14-15,19-20,27,37H,2,5,10,13H2,(H,32,33)/t19-,20+,27-/m0/s1. The summed E-state index contributed by atoms with van der Waals surface area (Å²) < 4.78 is 31.2. The summed E-state index contributed by atoms with van der Waals surface area (Å²) in [4.78, 5) is 32.6. The Bertz CT molecular complexity index is 1580. The molecule has 37 heavy (non-hydrogen) atoms. The fraction of sp³-hybridized carbons (Fsp3) is 0.276. The Morgan fingerprint density at radius 1 is 1.00 bits per heavy atom. The summed E-state index contributed by atoms with van der Waals surface area (Å²) in [6, 6.07) is 17.2. The van der Waals surface area contributed by atoms with Crippen LogP contribution in [0.5, 0.6) is 0 Å². The summed E-state index contributed by atoms with van der Waals surface area (Å²) in [6.45, 7) is 0. The van der Waals surface area contributed by atoms with Crippen molar-refractivity contribution in [2.24, 2.45) is 5.92 Å². The smallest absolute Gasteiger partial charge is 0.299 e. The molecule has 1 saturated carbocycles. The van der Waals surface area contributed by atoms with Crippen LogP contribution >= 0.6 is 8.58 Å². The molecule has 1 unspecified atom stereocenters. The fourth-order valence-electron chi connectivity index (χ4n) is 6.60.